The van der Waals surface area contributed by atoms with Crippen LogP contribution in [0.25, 0.3) is 0 Å². The van der Waals surface area contributed by atoms with Crippen molar-refractivity contribution in [2.45, 2.75) is 25.8 Å². The Hall–Kier alpha value is -2.15. The van der Waals surface area contributed by atoms with E-state index in [2.05, 4.69) is 11.2 Å². The summed E-state index contributed by atoms with van der Waals surface area (Å²) in [5.41, 5.74) is 0.0421. The predicted octanol–water partition coefficient (Wildman–Crippen LogP) is 1.63. The van der Waals surface area contributed by atoms with Crippen molar-refractivity contribution in [1.82, 2.24) is 5.32 Å². The molecule has 17 heavy (non-hydrogen) atoms. The number of terminal acetylenes is 1. The van der Waals surface area contributed by atoms with E-state index >= 15 is 0 Å². The SMILES string of the molecule is C#CCC(CC)NC(=O)c1cc(O)ccc1O. The van der Waals surface area contributed by atoms with Gasteiger partial charge >= 0.3 is 0 Å². The average Bonchev–Trinajstić information content (AvgIpc) is 2.31. The molecule has 1 aromatic carbocycles. The molecule has 0 fully saturated rings. The van der Waals surface area contributed by atoms with E-state index in [9.17, 15) is 15.0 Å². The number of aromatic hydroxyl groups is 2. The van der Waals surface area contributed by atoms with Gasteiger partial charge in [0.05, 0.1) is 5.56 Å². The van der Waals surface area contributed by atoms with Crippen molar-refractivity contribution < 1.29 is 15.0 Å². The highest BCUT2D eigenvalue weighted by atomic mass is 16.3. The predicted molar refractivity (Wildman–Crippen MR) is 64.8 cm³/mol. The van der Waals surface area contributed by atoms with E-state index in [4.69, 9.17) is 6.42 Å². The van der Waals surface area contributed by atoms with Crippen molar-refractivity contribution in [3.63, 3.8) is 0 Å². The molecule has 4 heteroatoms. The number of rotatable bonds is 4. The Morgan fingerprint density at radius 3 is 2.82 bits per heavy atom. The van der Waals surface area contributed by atoms with E-state index in [-0.39, 0.29) is 23.1 Å². The van der Waals surface area contributed by atoms with Crippen LogP contribution in [0.3, 0.4) is 0 Å². The summed E-state index contributed by atoms with van der Waals surface area (Å²) < 4.78 is 0. The zero-order chi connectivity index (χ0) is 12.8. The Bertz CT molecular complexity index is 448. The fourth-order valence-electron chi connectivity index (χ4n) is 1.41. The van der Waals surface area contributed by atoms with Crippen LogP contribution >= 0.6 is 0 Å². The summed E-state index contributed by atoms with van der Waals surface area (Å²) in [4.78, 5) is 11.8. The third-order valence-corrected chi connectivity index (χ3v) is 2.42. The van der Waals surface area contributed by atoms with Crippen molar-refractivity contribution in [2.75, 3.05) is 0 Å². The van der Waals surface area contributed by atoms with Gasteiger partial charge in [-0.25, -0.2) is 0 Å². The van der Waals surface area contributed by atoms with Crippen LogP contribution in [0.15, 0.2) is 18.2 Å². The molecule has 4 nitrogen and oxygen atoms in total. The molecule has 90 valence electrons. The zero-order valence-corrected chi connectivity index (χ0v) is 9.60. The van der Waals surface area contributed by atoms with Gasteiger partial charge in [0.25, 0.3) is 5.91 Å². The lowest BCUT2D eigenvalue weighted by molar-refractivity contribution is 0.0933. The largest absolute Gasteiger partial charge is 0.508 e. The Morgan fingerprint density at radius 1 is 1.53 bits per heavy atom. The highest BCUT2D eigenvalue weighted by molar-refractivity contribution is 5.97. The first-order chi connectivity index (χ1) is 8.08. The van der Waals surface area contributed by atoms with Crippen LogP contribution in [0.5, 0.6) is 11.5 Å². The van der Waals surface area contributed by atoms with Crippen molar-refractivity contribution in [2.24, 2.45) is 0 Å². The fraction of sp³-hybridized carbons (Fsp3) is 0.308. The van der Waals surface area contributed by atoms with Gasteiger partial charge in [0, 0.05) is 12.5 Å². The molecule has 0 heterocycles. The molecule has 0 saturated carbocycles. The van der Waals surface area contributed by atoms with Crippen molar-refractivity contribution in [1.29, 1.82) is 0 Å². The molecule has 1 aromatic rings. The van der Waals surface area contributed by atoms with E-state index in [0.29, 0.717) is 12.8 Å². The van der Waals surface area contributed by atoms with E-state index in [1.165, 1.54) is 18.2 Å². The van der Waals surface area contributed by atoms with Gasteiger partial charge in [-0.1, -0.05) is 6.92 Å². The number of carbonyl (C=O) groups excluding carboxylic acids is 1. The lowest BCUT2D eigenvalue weighted by Gasteiger charge is -2.14. The molecule has 0 aliphatic heterocycles. The van der Waals surface area contributed by atoms with Crippen LogP contribution in [0.1, 0.15) is 30.1 Å². The third-order valence-electron chi connectivity index (χ3n) is 2.42. The number of phenolic OH excluding ortho intramolecular Hbond substituents is 2. The number of phenols is 2. The van der Waals surface area contributed by atoms with Crippen LogP contribution in [-0.2, 0) is 0 Å². The number of hydrogen-bond donors (Lipinski definition) is 3. The summed E-state index contributed by atoms with van der Waals surface area (Å²) in [6.07, 6.45) is 6.32. The van der Waals surface area contributed by atoms with E-state index in [1.807, 2.05) is 6.92 Å². The molecule has 0 aliphatic rings. The van der Waals surface area contributed by atoms with E-state index in [1.54, 1.807) is 0 Å². The fourth-order valence-corrected chi connectivity index (χ4v) is 1.41. The Balaban J connectivity index is 2.82. The van der Waals surface area contributed by atoms with Gasteiger partial charge < -0.3 is 15.5 Å². The van der Waals surface area contributed by atoms with E-state index < -0.39 is 5.91 Å². The second kappa shape index (κ2) is 5.80. The van der Waals surface area contributed by atoms with Gasteiger partial charge in [0.15, 0.2) is 0 Å². The minimum absolute atomic E-state index is 0.0421. The van der Waals surface area contributed by atoms with Crippen molar-refractivity contribution >= 4 is 5.91 Å². The second-order valence-corrected chi connectivity index (χ2v) is 3.69. The molecule has 1 atom stereocenters. The normalized spacial score (nSPS) is 11.5. The highest BCUT2D eigenvalue weighted by Crippen LogP contribution is 2.22. The summed E-state index contributed by atoms with van der Waals surface area (Å²) in [5, 5.41) is 21.5. The molecule has 3 N–H and O–H groups in total. The van der Waals surface area contributed by atoms with Gasteiger partial charge in [-0.15, -0.1) is 12.3 Å². The highest BCUT2D eigenvalue weighted by Gasteiger charge is 2.15. The topological polar surface area (TPSA) is 69.6 Å². The Labute approximate surface area is 100 Å². The maximum Gasteiger partial charge on any atom is 0.255 e. The average molecular weight is 233 g/mol. The van der Waals surface area contributed by atoms with Gasteiger partial charge in [0.2, 0.25) is 0 Å². The molecule has 0 saturated heterocycles. The molecule has 0 spiro atoms. The van der Waals surface area contributed by atoms with Crippen LogP contribution < -0.4 is 5.32 Å². The van der Waals surface area contributed by atoms with E-state index in [0.717, 1.165) is 0 Å². The Morgan fingerprint density at radius 2 is 2.24 bits per heavy atom. The number of benzene rings is 1. The third kappa shape index (κ3) is 3.42. The van der Waals surface area contributed by atoms with Crippen LogP contribution in [0.4, 0.5) is 0 Å². The maximum atomic E-state index is 11.8. The van der Waals surface area contributed by atoms with Gasteiger partial charge in [-0.2, -0.15) is 0 Å². The van der Waals surface area contributed by atoms with Crippen LogP contribution in [0, 0.1) is 12.3 Å². The minimum atomic E-state index is -0.444. The summed E-state index contributed by atoms with van der Waals surface area (Å²) in [6, 6.07) is 3.67. The lowest BCUT2D eigenvalue weighted by Crippen LogP contribution is -2.34. The number of nitrogens with one attached hydrogen (secondary N) is 1. The zero-order valence-electron chi connectivity index (χ0n) is 9.60. The number of carbonyl (C=O) groups is 1. The first-order valence-corrected chi connectivity index (χ1v) is 5.34. The molecule has 0 aromatic heterocycles. The standard InChI is InChI=1S/C13H15NO3/c1-3-5-9(4-2)14-13(17)11-8-10(15)6-7-12(11)16/h1,6-9,15-16H,4-5H2,2H3,(H,14,17). The lowest BCUT2D eigenvalue weighted by atomic mass is 10.1. The van der Waals surface area contributed by atoms with Gasteiger partial charge in [-0.05, 0) is 24.6 Å². The number of amides is 1. The molecule has 0 aliphatic carbocycles. The Kier molecular flexibility index (Phi) is 4.41. The first-order valence-electron chi connectivity index (χ1n) is 5.34. The minimum Gasteiger partial charge on any atom is -0.508 e. The van der Waals surface area contributed by atoms with Crippen molar-refractivity contribution in [3.05, 3.63) is 23.8 Å². The molecule has 1 rings (SSSR count). The summed E-state index contributed by atoms with van der Waals surface area (Å²) in [6.45, 7) is 1.91. The molecule has 0 bridgehead atoms. The monoisotopic (exact) mass is 233 g/mol. The first kappa shape index (κ1) is 12.9. The molecular formula is C13H15NO3. The summed E-state index contributed by atoms with van der Waals surface area (Å²) >= 11 is 0. The molecule has 0 radical (unpaired) electrons. The van der Waals surface area contributed by atoms with Crippen LogP contribution in [-0.4, -0.2) is 22.2 Å². The molecular weight excluding hydrogens is 218 g/mol. The summed E-state index contributed by atoms with van der Waals surface area (Å²) in [5.74, 6) is 1.79. The van der Waals surface area contributed by atoms with Gasteiger partial charge in [0.1, 0.15) is 11.5 Å². The van der Waals surface area contributed by atoms with Gasteiger partial charge in [-0.3, -0.25) is 4.79 Å². The van der Waals surface area contributed by atoms with Crippen LogP contribution in [0.2, 0.25) is 0 Å². The molecule has 1 amide bonds. The quantitative estimate of drug-likeness (QED) is 0.547. The smallest absolute Gasteiger partial charge is 0.255 e. The number of hydrogen-bond acceptors (Lipinski definition) is 3. The summed E-state index contributed by atoms with van der Waals surface area (Å²) in [7, 11) is 0. The second-order valence-electron chi connectivity index (χ2n) is 3.69. The maximum absolute atomic E-state index is 11.8. The van der Waals surface area contributed by atoms with Crippen molar-refractivity contribution in [3.8, 4) is 23.8 Å². The molecule has 1 unspecified atom stereocenters.